The van der Waals surface area contributed by atoms with Crippen LogP contribution in [0, 0.1) is 5.92 Å². The minimum Gasteiger partial charge on any atom is -0.497 e. The van der Waals surface area contributed by atoms with E-state index in [1.165, 1.54) is 53.1 Å². The monoisotopic (exact) mass is 645 g/mol. The number of anilines is 1. The van der Waals surface area contributed by atoms with Gasteiger partial charge in [-0.15, -0.1) is 0 Å². The summed E-state index contributed by atoms with van der Waals surface area (Å²) in [7, 11) is 1.72. The van der Waals surface area contributed by atoms with Crippen LogP contribution in [0.3, 0.4) is 0 Å². The average Bonchev–Trinajstić information content (AvgIpc) is 3.54. The van der Waals surface area contributed by atoms with Crippen molar-refractivity contribution in [2.75, 3.05) is 18.6 Å². The summed E-state index contributed by atoms with van der Waals surface area (Å²) in [4.78, 5) is 3.58. The van der Waals surface area contributed by atoms with Gasteiger partial charge in [0.1, 0.15) is 17.0 Å². The lowest BCUT2D eigenvalue weighted by Crippen LogP contribution is -2.33. The molecule has 1 atom stereocenters. The Bertz CT molecular complexity index is 1800. The molecule has 0 amide bonds. The number of fused-ring (bicyclic) bond motifs is 2. The third-order valence-corrected chi connectivity index (χ3v) is 10.7. The van der Waals surface area contributed by atoms with Crippen LogP contribution in [-0.4, -0.2) is 13.7 Å². The highest BCUT2D eigenvalue weighted by atomic mass is 35.5. The van der Waals surface area contributed by atoms with Gasteiger partial charge < -0.3 is 9.64 Å². The molecule has 4 aromatic rings. The summed E-state index contributed by atoms with van der Waals surface area (Å²) < 4.78 is 9.07. The summed E-state index contributed by atoms with van der Waals surface area (Å²) in [5.41, 5.74) is 7.68. The van der Waals surface area contributed by atoms with Crippen LogP contribution in [-0.2, 0) is 6.54 Å². The zero-order chi connectivity index (χ0) is 30.1. The number of ether oxygens (including phenoxy) is 1. The molecule has 1 unspecified atom stereocenters. The van der Waals surface area contributed by atoms with E-state index in [0.717, 1.165) is 41.7 Å². The predicted molar refractivity (Wildman–Crippen MR) is 187 cm³/mol. The summed E-state index contributed by atoms with van der Waals surface area (Å²) >= 11 is 16.2. The molecule has 0 radical (unpaired) electrons. The first-order chi connectivity index (χ1) is 20.9. The molecule has 2 heterocycles. The molecule has 1 aromatic heterocycles. The lowest BCUT2D eigenvalue weighted by atomic mass is 9.78. The van der Waals surface area contributed by atoms with Crippen LogP contribution in [0.25, 0.3) is 21.9 Å². The fourth-order valence-electron chi connectivity index (χ4n) is 6.07. The van der Waals surface area contributed by atoms with Crippen LogP contribution < -0.4 is 14.2 Å². The summed E-state index contributed by atoms with van der Waals surface area (Å²) in [6.45, 7) is 8.56. The first-order valence-corrected chi connectivity index (χ1v) is 17.1. The van der Waals surface area contributed by atoms with Gasteiger partial charge in [0.05, 0.1) is 17.8 Å². The van der Waals surface area contributed by atoms with E-state index in [1.807, 2.05) is 12.1 Å². The number of hydrogen-bond donors (Lipinski definition) is 0. The lowest BCUT2D eigenvalue weighted by molar-refractivity contribution is -0.665. The summed E-state index contributed by atoms with van der Waals surface area (Å²) in [5, 5.41) is 4.00. The second-order valence-corrected chi connectivity index (χ2v) is 13.9. The topological polar surface area (TPSA) is 16.4 Å². The molecule has 43 heavy (non-hydrogen) atoms. The number of thioether (sulfide) groups is 1. The van der Waals surface area contributed by atoms with Crippen LogP contribution in [0.4, 0.5) is 5.69 Å². The van der Waals surface area contributed by atoms with Gasteiger partial charge in [0, 0.05) is 33.6 Å². The van der Waals surface area contributed by atoms with Crippen molar-refractivity contribution >= 4 is 73.9 Å². The highest BCUT2D eigenvalue weighted by molar-refractivity contribution is 8.03. The van der Waals surface area contributed by atoms with Crippen molar-refractivity contribution < 1.29 is 9.30 Å². The van der Waals surface area contributed by atoms with Crippen molar-refractivity contribution in [1.29, 1.82) is 0 Å². The van der Waals surface area contributed by atoms with E-state index in [9.17, 15) is 0 Å². The second kappa shape index (κ2) is 13.0. The minimum absolute atomic E-state index is 0.528. The van der Waals surface area contributed by atoms with Gasteiger partial charge >= 0.3 is 0 Å². The molecule has 3 aromatic carbocycles. The first kappa shape index (κ1) is 30.1. The van der Waals surface area contributed by atoms with Gasteiger partial charge in [-0.25, -0.2) is 0 Å². The predicted octanol–water partition coefficient (Wildman–Crippen LogP) is 10.8. The number of methoxy groups -OCH3 is 1. The number of nitrogens with zero attached hydrogens (tertiary/aromatic N) is 2. The molecule has 7 heteroatoms. The molecular formula is C36H35Cl2N2OS2+. The zero-order valence-corrected chi connectivity index (χ0v) is 28.0. The molecule has 0 bridgehead atoms. The number of aryl methyl sites for hydroxylation is 1. The maximum atomic E-state index is 6.33. The van der Waals surface area contributed by atoms with Crippen molar-refractivity contribution in [3.63, 3.8) is 0 Å². The van der Waals surface area contributed by atoms with Gasteiger partial charge in [-0.05, 0) is 103 Å². The van der Waals surface area contributed by atoms with E-state index < -0.39 is 0 Å². The average molecular weight is 647 g/mol. The second-order valence-electron chi connectivity index (χ2n) is 10.9. The Morgan fingerprint density at radius 2 is 1.72 bits per heavy atom. The highest BCUT2D eigenvalue weighted by Crippen LogP contribution is 2.47. The maximum Gasteiger partial charge on any atom is 0.262 e. The number of halogens is 2. The van der Waals surface area contributed by atoms with Crippen LogP contribution in [0.15, 0.2) is 100.0 Å². The van der Waals surface area contributed by atoms with Crippen LogP contribution in [0.5, 0.6) is 5.75 Å². The number of allylic oxidation sites excluding steroid dienone is 6. The van der Waals surface area contributed by atoms with Gasteiger partial charge in [0.15, 0.2) is 0 Å². The van der Waals surface area contributed by atoms with Crippen molar-refractivity contribution in [2.24, 2.45) is 5.92 Å². The molecule has 0 fully saturated rings. The standard InChI is InChI=1S/C36H35Cl2N2OS2/c1-5-39-30-15-11-27(37)21-32(30)42-34(39)17-9-25-19-23(3)20-26(36(25)24-7-13-29(41-4)14-8-24)10-18-35-40(6-2)31-16-12-28(38)22-33(31)43-35/h7-18,21-23H,5-6,19-20H2,1-4H3/q+1. The smallest absolute Gasteiger partial charge is 0.262 e. The van der Waals surface area contributed by atoms with E-state index >= 15 is 0 Å². The van der Waals surface area contributed by atoms with Crippen molar-refractivity contribution in [3.05, 3.63) is 116 Å². The molecule has 0 spiro atoms. The van der Waals surface area contributed by atoms with Crippen LogP contribution in [0.1, 0.15) is 44.2 Å². The fraction of sp³-hybridized carbons (Fsp3) is 0.250. The van der Waals surface area contributed by atoms with E-state index in [0.29, 0.717) is 5.92 Å². The number of rotatable bonds is 7. The first-order valence-electron chi connectivity index (χ1n) is 14.7. The van der Waals surface area contributed by atoms with Gasteiger partial charge in [-0.1, -0.05) is 77.5 Å². The van der Waals surface area contributed by atoms with Gasteiger partial charge in [0.2, 0.25) is 5.52 Å². The Balaban J connectivity index is 1.45. The van der Waals surface area contributed by atoms with Crippen LogP contribution >= 0.6 is 46.3 Å². The van der Waals surface area contributed by atoms with Gasteiger partial charge in [-0.2, -0.15) is 4.57 Å². The Labute approximate surface area is 272 Å². The molecule has 0 saturated heterocycles. The van der Waals surface area contributed by atoms with Gasteiger partial charge in [-0.3, -0.25) is 0 Å². The van der Waals surface area contributed by atoms with E-state index in [-0.39, 0.29) is 0 Å². The summed E-state index contributed by atoms with van der Waals surface area (Å²) in [5.74, 6) is 1.39. The number of aromatic nitrogens is 1. The Hall–Kier alpha value is -2.96. The quantitative estimate of drug-likeness (QED) is 0.186. The van der Waals surface area contributed by atoms with Crippen LogP contribution in [0.2, 0.25) is 10.0 Å². The fourth-order valence-corrected chi connectivity index (χ4v) is 8.88. The lowest BCUT2D eigenvalue weighted by Gasteiger charge is -2.27. The Morgan fingerprint density at radius 1 is 0.953 bits per heavy atom. The number of thiazole rings is 1. The SMILES string of the molecule is CCN1/C(=C/C=C2\CC(C)CC(/C=C/c3sc4cc(Cl)ccc4[n+]3CC)=C2c2ccc(OC)cc2)Sc2cc(Cl)ccc21. The molecule has 1 aliphatic heterocycles. The molecule has 3 nitrogen and oxygen atoms in total. The Morgan fingerprint density at radius 3 is 2.47 bits per heavy atom. The Kier molecular flexibility index (Phi) is 9.06. The van der Waals surface area contributed by atoms with E-state index in [2.05, 4.69) is 103 Å². The molecule has 2 aliphatic rings. The highest BCUT2D eigenvalue weighted by Gasteiger charge is 2.26. The van der Waals surface area contributed by atoms with E-state index in [4.69, 9.17) is 27.9 Å². The molecular weight excluding hydrogens is 611 g/mol. The summed E-state index contributed by atoms with van der Waals surface area (Å²) in [6, 6.07) is 20.8. The van der Waals surface area contributed by atoms with E-state index in [1.54, 1.807) is 30.2 Å². The number of hydrogen-bond acceptors (Lipinski definition) is 4. The minimum atomic E-state index is 0.528. The molecule has 0 saturated carbocycles. The molecule has 0 N–H and O–H groups in total. The maximum absolute atomic E-state index is 6.33. The third kappa shape index (κ3) is 6.19. The van der Waals surface area contributed by atoms with Crippen molar-refractivity contribution in [1.82, 2.24) is 0 Å². The molecule has 220 valence electrons. The largest absolute Gasteiger partial charge is 0.497 e. The van der Waals surface area contributed by atoms with Gasteiger partial charge in [0.25, 0.3) is 5.01 Å². The zero-order valence-electron chi connectivity index (χ0n) is 24.9. The van der Waals surface area contributed by atoms with Crippen molar-refractivity contribution in [3.8, 4) is 5.75 Å². The normalized spacial score (nSPS) is 18.9. The van der Waals surface area contributed by atoms with Crippen molar-refractivity contribution in [2.45, 2.75) is 45.1 Å². The summed E-state index contributed by atoms with van der Waals surface area (Å²) in [6.07, 6.45) is 11.3. The molecule has 6 rings (SSSR count). The number of benzene rings is 3. The molecule has 1 aliphatic carbocycles. The third-order valence-electron chi connectivity index (χ3n) is 8.03.